The number of hydrogen-bond donors (Lipinski definition) is 1. The fourth-order valence-corrected chi connectivity index (χ4v) is 2.77. The maximum absolute atomic E-state index is 12.0. The van der Waals surface area contributed by atoms with Gasteiger partial charge < -0.3 is 5.32 Å². The Morgan fingerprint density at radius 2 is 2.20 bits per heavy atom. The predicted molar refractivity (Wildman–Crippen MR) is 68.7 cm³/mol. The van der Waals surface area contributed by atoms with Crippen molar-refractivity contribution in [2.45, 2.75) is 26.8 Å². The number of nitrogens with one attached hydrogen (secondary N) is 1. The standard InChI is InChI=1S/C11H16BrNOS/c1-7(2)6-13-8(3)10(14)11-9(12)4-5-15-11/h4-5,7-8,13H,6H2,1-3H3. The highest BCUT2D eigenvalue weighted by molar-refractivity contribution is 9.10. The molecular weight excluding hydrogens is 274 g/mol. The van der Waals surface area contributed by atoms with Crippen molar-refractivity contribution in [1.82, 2.24) is 5.32 Å². The molecule has 0 radical (unpaired) electrons. The first-order valence-corrected chi connectivity index (χ1v) is 6.70. The molecule has 0 amide bonds. The van der Waals surface area contributed by atoms with Crippen LogP contribution >= 0.6 is 27.3 Å². The van der Waals surface area contributed by atoms with E-state index in [9.17, 15) is 4.79 Å². The predicted octanol–water partition coefficient (Wildman–Crippen LogP) is 3.33. The molecule has 1 atom stereocenters. The first-order chi connectivity index (χ1) is 7.02. The van der Waals surface area contributed by atoms with Gasteiger partial charge in [-0.05, 0) is 46.8 Å². The second-order valence-corrected chi connectivity index (χ2v) is 5.76. The normalized spacial score (nSPS) is 13.1. The minimum Gasteiger partial charge on any atom is -0.307 e. The molecule has 0 bridgehead atoms. The molecule has 0 fully saturated rings. The molecule has 1 aromatic rings. The number of Topliss-reactive ketones (excluding diaryl/α,β-unsaturated/α-hetero) is 1. The summed E-state index contributed by atoms with van der Waals surface area (Å²) < 4.78 is 0.899. The summed E-state index contributed by atoms with van der Waals surface area (Å²) >= 11 is 4.86. The molecular formula is C11H16BrNOS. The Hall–Kier alpha value is -0.190. The fourth-order valence-electron chi connectivity index (χ4n) is 1.17. The molecule has 0 aliphatic heterocycles. The van der Waals surface area contributed by atoms with Crippen molar-refractivity contribution in [3.8, 4) is 0 Å². The Bertz CT molecular complexity index is 335. The van der Waals surface area contributed by atoms with Crippen LogP contribution in [-0.2, 0) is 0 Å². The van der Waals surface area contributed by atoms with Crippen LogP contribution in [0.15, 0.2) is 15.9 Å². The third-order valence-electron chi connectivity index (χ3n) is 2.07. The van der Waals surface area contributed by atoms with Crippen LogP contribution in [0.5, 0.6) is 0 Å². The summed E-state index contributed by atoms with van der Waals surface area (Å²) in [5.41, 5.74) is 0. The van der Waals surface area contributed by atoms with Gasteiger partial charge in [0.25, 0.3) is 0 Å². The molecule has 0 aliphatic rings. The highest BCUT2D eigenvalue weighted by Gasteiger charge is 2.18. The zero-order valence-corrected chi connectivity index (χ0v) is 11.6. The van der Waals surface area contributed by atoms with Gasteiger partial charge in [-0.3, -0.25) is 4.79 Å². The van der Waals surface area contributed by atoms with Gasteiger partial charge in [-0.1, -0.05) is 13.8 Å². The maximum atomic E-state index is 12.0. The minimum atomic E-state index is -0.109. The quantitative estimate of drug-likeness (QED) is 0.843. The summed E-state index contributed by atoms with van der Waals surface area (Å²) in [7, 11) is 0. The summed E-state index contributed by atoms with van der Waals surface area (Å²) in [6, 6.07) is 1.80. The van der Waals surface area contributed by atoms with Crippen LogP contribution in [0.1, 0.15) is 30.4 Å². The van der Waals surface area contributed by atoms with Crippen LogP contribution < -0.4 is 5.32 Å². The molecule has 1 aromatic heterocycles. The fraction of sp³-hybridized carbons (Fsp3) is 0.545. The topological polar surface area (TPSA) is 29.1 Å². The molecule has 0 aromatic carbocycles. The zero-order chi connectivity index (χ0) is 11.4. The summed E-state index contributed by atoms with van der Waals surface area (Å²) in [6.07, 6.45) is 0. The Balaban J connectivity index is 2.57. The van der Waals surface area contributed by atoms with Gasteiger partial charge in [0.15, 0.2) is 5.78 Å². The van der Waals surface area contributed by atoms with Gasteiger partial charge in [0.2, 0.25) is 0 Å². The lowest BCUT2D eigenvalue weighted by molar-refractivity contribution is 0.0953. The van der Waals surface area contributed by atoms with Crippen LogP contribution in [-0.4, -0.2) is 18.4 Å². The average molecular weight is 290 g/mol. The number of rotatable bonds is 5. The Labute approximate surface area is 103 Å². The summed E-state index contributed by atoms with van der Waals surface area (Å²) in [5, 5.41) is 5.16. The number of halogens is 1. The molecule has 1 N–H and O–H groups in total. The first-order valence-electron chi connectivity index (χ1n) is 5.03. The summed E-state index contributed by atoms with van der Waals surface area (Å²) in [5.74, 6) is 0.726. The van der Waals surface area contributed by atoms with E-state index in [0.29, 0.717) is 5.92 Å². The molecule has 84 valence electrons. The number of thiophene rings is 1. The van der Waals surface area contributed by atoms with E-state index >= 15 is 0 Å². The Morgan fingerprint density at radius 1 is 1.53 bits per heavy atom. The molecule has 2 nitrogen and oxygen atoms in total. The monoisotopic (exact) mass is 289 g/mol. The lowest BCUT2D eigenvalue weighted by Crippen LogP contribution is -2.36. The van der Waals surface area contributed by atoms with Crippen LogP contribution in [0, 0.1) is 5.92 Å². The van der Waals surface area contributed by atoms with Gasteiger partial charge >= 0.3 is 0 Å². The third-order valence-corrected chi connectivity index (χ3v) is 3.92. The van der Waals surface area contributed by atoms with E-state index in [4.69, 9.17) is 0 Å². The molecule has 0 saturated heterocycles. The molecule has 15 heavy (non-hydrogen) atoms. The highest BCUT2D eigenvalue weighted by Crippen LogP contribution is 2.23. The smallest absolute Gasteiger partial charge is 0.190 e. The Kier molecular flexibility index (Phi) is 4.96. The Morgan fingerprint density at radius 3 is 2.67 bits per heavy atom. The second kappa shape index (κ2) is 5.77. The van der Waals surface area contributed by atoms with Crippen molar-refractivity contribution < 1.29 is 4.79 Å². The van der Waals surface area contributed by atoms with Gasteiger partial charge in [-0.25, -0.2) is 0 Å². The van der Waals surface area contributed by atoms with Crippen LogP contribution in [0.4, 0.5) is 0 Å². The van der Waals surface area contributed by atoms with Gasteiger partial charge in [-0.2, -0.15) is 0 Å². The van der Waals surface area contributed by atoms with Crippen molar-refractivity contribution >= 4 is 33.0 Å². The van der Waals surface area contributed by atoms with Crippen molar-refractivity contribution in [2.24, 2.45) is 5.92 Å². The van der Waals surface area contributed by atoms with Crippen molar-refractivity contribution in [3.63, 3.8) is 0 Å². The molecule has 1 heterocycles. The van der Waals surface area contributed by atoms with E-state index in [-0.39, 0.29) is 11.8 Å². The maximum Gasteiger partial charge on any atom is 0.190 e. The molecule has 0 aliphatic carbocycles. The van der Waals surface area contributed by atoms with Gasteiger partial charge in [0.1, 0.15) is 0 Å². The van der Waals surface area contributed by atoms with E-state index in [1.54, 1.807) is 0 Å². The molecule has 1 rings (SSSR count). The number of hydrogen-bond acceptors (Lipinski definition) is 3. The second-order valence-electron chi connectivity index (χ2n) is 3.99. The first kappa shape index (κ1) is 12.9. The molecule has 1 unspecified atom stereocenters. The number of carbonyl (C=O) groups excluding carboxylic acids is 1. The van der Waals surface area contributed by atoms with E-state index in [1.165, 1.54) is 11.3 Å². The average Bonchev–Trinajstić information content (AvgIpc) is 2.59. The third kappa shape index (κ3) is 3.70. The summed E-state index contributed by atoms with van der Waals surface area (Å²) in [4.78, 5) is 12.8. The van der Waals surface area contributed by atoms with E-state index in [1.807, 2.05) is 18.4 Å². The van der Waals surface area contributed by atoms with Gasteiger partial charge in [-0.15, -0.1) is 11.3 Å². The number of carbonyl (C=O) groups is 1. The van der Waals surface area contributed by atoms with Crippen LogP contribution in [0.3, 0.4) is 0 Å². The van der Waals surface area contributed by atoms with Crippen molar-refractivity contribution in [3.05, 3.63) is 20.8 Å². The molecule has 0 saturated carbocycles. The van der Waals surface area contributed by atoms with Crippen LogP contribution in [0.25, 0.3) is 0 Å². The SMILES string of the molecule is CC(C)CNC(C)C(=O)c1sccc1Br. The largest absolute Gasteiger partial charge is 0.307 e. The van der Waals surface area contributed by atoms with E-state index in [0.717, 1.165) is 15.9 Å². The lowest BCUT2D eigenvalue weighted by Gasteiger charge is -2.13. The molecule has 4 heteroatoms. The van der Waals surface area contributed by atoms with Crippen LogP contribution in [0.2, 0.25) is 0 Å². The minimum absolute atomic E-state index is 0.109. The molecule has 0 spiro atoms. The lowest BCUT2D eigenvalue weighted by atomic mass is 10.1. The zero-order valence-electron chi connectivity index (χ0n) is 9.21. The van der Waals surface area contributed by atoms with Crippen molar-refractivity contribution in [2.75, 3.05) is 6.54 Å². The summed E-state index contributed by atoms with van der Waals surface area (Å²) in [6.45, 7) is 7.04. The number of ketones is 1. The van der Waals surface area contributed by atoms with E-state index < -0.39 is 0 Å². The van der Waals surface area contributed by atoms with Gasteiger partial charge in [0, 0.05) is 4.47 Å². The highest BCUT2D eigenvalue weighted by atomic mass is 79.9. The van der Waals surface area contributed by atoms with Crippen molar-refractivity contribution in [1.29, 1.82) is 0 Å². The van der Waals surface area contributed by atoms with Gasteiger partial charge in [0.05, 0.1) is 10.9 Å². The van der Waals surface area contributed by atoms with E-state index in [2.05, 4.69) is 35.1 Å².